The maximum absolute atomic E-state index is 11.5. The summed E-state index contributed by atoms with van der Waals surface area (Å²) < 4.78 is 10.2. The van der Waals surface area contributed by atoms with Crippen molar-refractivity contribution in [1.29, 1.82) is 0 Å². The summed E-state index contributed by atoms with van der Waals surface area (Å²) >= 11 is 0. The minimum atomic E-state index is -0.797. The Bertz CT molecular complexity index is 637. The van der Waals surface area contributed by atoms with Gasteiger partial charge in [0.05, 0.1) is 26.2 Å². The van der Waals surface area contributed by atoms with E-state index in [0.717, 1.165) is 16.7 Å². The van der Waals surface area contributed by atoms with Gasteiger partial charge in [0.15, 0.2) is 0 Å². The Morgan fingerprint density at radius 2 is 1.87 bits per heavy atom. The van der Waals surface area contributed by atoms with Gasteiger partial charge in [0.2, 0.25) is 0 Å². The Balaban J connectivity index is 2.17. The van der Waals surface area contributed by atoms with Gasteiger partial charge in [-0.05, 0) is 35.7 Å². The highest BCUT2D eigenvalue weighted by atomic mass is 16.5. The predicted molar refractivity (Wildman–Crippen MR) is 89.4 cm³/mol. The van der Waals surface area contributed by atoms with Crippen LogP contribution in [0.3, 0.4) is 0 Å². The molecule has 0 amide bonds. The van der Waals surface area contributed by atoms with Crippen molar-refractivity contribution in [3.05, 3.63) is 54.1 Å². The van der Waals surface area contributed by atoms with E-state index in [-0.39, 0.29) is 6.42 Å². The first-order chi connectivity index (χ1) is 11.1. The van der Waals surface area contributed by atoms with Crippen molar-refractivity contribution in [1.82, 2.24) is 0 Å². The number of methoxy groups -OCH3 is 1. The number of esters is 1. The van der Waals surface area contributed by atoms with Crippen molar-refractivity contribution < 1.29 is 19.4 Å². The molecule has 0 aromatic heterocycles. The van der Waals surface area contributed by atoms with Gasteiger partial charge in [-0.15, -0.1) is 0 Å². The molecule has 1 N–H and O–H groups in total. The number of rotatable bonds is 7. The fourth-order valence-electron chi connectivity index (χ4n) is 2.49. The number of benzene rings is 2. The lowest BCUT2D eigenvalue weighted by atomic mass is 9.98. The van der Waals surface area contributed by atoms with Crippen molar-refractivity contribution >= 4 is 5.97 Å². The lowest BCUT2D eigenvalue weighted by Gasteiger charge is -2.14. The molecule has 23 heavy (non-hydrogen) atoms. The van der Waals surface area contributed by atoms with Crippen LogP contribution in [0.1, 0.15) is 18.9 Å². The van der Waals surface area contributed by atoms with E-state index in [1.807, 2.05) is 48.5 Å². The molecule has 0 unspecified atom stereocenters. The minimum absolute atomic E-state index is 0.0213. The van der Waals surface area contributed by atoms with Crippen LogP contribution in [0.4, 0.5) is 0 Å². The maximum Gasteiger partial charge on any atom is 0.308 e. The summed E-state index contributed by atoms with van der Waals surface area (Å²) in [5.41, 5.74) is 3.01. The van der Waals surface area contributed by atoms with Gasteiger partial charge in [-0.3, -0.25) is 4.79 Å². The van der Waals surface area contributed by atoms with Crippen LogP contribution in [0, 0.1) is 0 Å². The van der Waals surface area contributed by atoms with Crippen molar-refractivity contribution in [2.24, 2.45) is 0 Å². The number of hydrogen-bond donors (Lipinski definition) is 1. The highest BCUT2D eigenvalue weighted by Crippen LogP contribution is 2.27. The molecular weight excluding hydrogens is 292 g/mol. The molecule has 122 valence electrons. The summed E-state index contributed by atoms with van der Waals surface area (Å²) in [6, 6.07) is 15.8. The minimum Gasteiger partial charge on any atom is -0.496 e. The number of aliphatic hydroxyl groups is 1. The molecule has 4 nitrogen and oxygen atoms in total. The van der Waals surface area contributed by atoms with Crippen LogP contribution >= 0.6 is 0 Å². The molecule has 0 bridgehead atoms. The zero-order valence-electron chi connectivity index (χ0n) is 13.5. The summed E-state index contributed by atoms with van der Waals surface area (Å²) in [5, 5.41) is 10.1. The first-order valence-corrected chi connectivity index (χ1v) is 7.70. The first-order valence-electron chi connectivity index (χ1n) is 7.70. The molecule has 0 saturated heterocycles. The predicted octanol–water partition coefficient (Wildman–Crippen LogP) is 3.22. The summed E-state index contributed by atoms with van der Waals surface area (Å²) in [7, 11) is 1.60. The standard InChI is InChI=1S/C19H22O4/c1-3-23-19(21)13-17(20)12-16-11-15(9-10-18(16)22-2)14-7-5-4-6-8-14/h4-11,17,20H,3,12-13H2,1-2H3/t17-/m1/s1. The summed E-state index contributed by atoms with van der Waals surface area (Å²) in [5.74, 6) is 0.311. The monoisotopic (exact) mass is 314 g/mol. The molecule has 2 rings (SSSR count). The molecule has 1 atom stereocenters. The fourth-order valence-corrected chi connectivity index (χ4v) is 2.49. The molecule has 0 radical (unpaired) electrons. The molecule has 2 aromatic rings. The van der Waals surface area contributed by atoms with Crippen LogP contribution in [0.15, 0.2) is 48.5 Å². The van der Waals surface area contributed by atoms with Gasteiger partial charge < -0.3 is 14.6 Å². The zero-order chi connectivity index (χ0) is 16.7. The molecule has 0 aliphatic carbocycles. The molecule has 0 fully saturated rings. The van der Waals surface area contributed by atoms with Crippen LogP contribution in [0.5, 0.6) is 5.75 Å². The molecule has 4 heteroatoms. The highest BCUT2D eigenvalue weighted by molar-refractivity contribution is 5.70. The van der Waals surface area contributed by atoms with Crippen molar-refractivity contribution in [2.45, 2.75) is 25.9 Å². The van der Waals surface area contributed by atoms with Crippen LogP contribution in [-0.2, 0) is 16.0 Å². The second-order valence-electron chi connectivity index (χ2n) is 5.26. The number of aliphatic hydroxyl groups excluding tert-OH is 1. The third kappa shape index (κ3) is 4.83. The van der Waals surface area contributed by atoms with Crippen molar-refractivity contribution in [3.63, 3.8) is 0 Å². The van der Waals surface area contributed by atoms with Crippen LogP contribution in [-0.4, -0.2) is 30.9 Å². The number of hydrogen-bond acceptors (Lipinski definition) is 4. The summed E-state index contributed by atoms with van der Waals surface area (Å²) in [6.45, 7) is 2.06. The van der Waals surface area contributed by atoms with Crippen LogP contribution in [0.25, 0.3) is 11.1 Å². The van der Waals surface area contributed by atoms with Crippen LogP contribution < -0.4 is 4.74 Å². The quantitative estimate of drug-likeness (QED) is 0.797. The molecule has 0 heterocycles. The normalized spacial score (nSPS) is 11.8. The van der Waals surface area contributed by atoms with E-state index < -0.39 is 12.1 Å². The van der Waals surface area contributed by atoms with Gasteiger partial charge in [0.25, 0.3) is 0 Å². The Labute approximate surface area is 136 Å². The van der Waals surface area contributed by atoms with E-state index in [1.54, 1.807) is 14.0 Å². The van der Waals surface area contributed by atoms with E-state index >= 15 is 0 Å². The van der Waals surface area contributed by atoms with Crippen molar-refractivity contribution in [2.75, 3.05) is 13.7 Å². The lowest BCUT2D eigenvalue weighted by molar-refractivity contribution is -0.145. The van der Waals surface area contributed by atoms with Gasteiger partial charge in [-0.25, -0.2) is 0 Å². The largest absolute Gasteiger partial charge is 0.496 e. The van der Waals surface area contributed by atoms with Gasteiger partial charge >= 0.3 is 5.97 Å². The second-order valence-corrected chi connectivity index (χ2v) is 5.26. The number of carbonyl (C=O) groups is 1. The summed E-state index contributed by atoms with van der Waals surface area (Å²) in [4.78, 5) is 11.5. The average Bonchev–Trinajstić information content (AvgIpc) is 2.55. The smallest absolute Gasteiger partial charge is 0.308 e. The third-order valence-corrected chi connectivity index (χ3v) is 3.55. The average molecular weight is 314 g/mol. The fraction of sp³-hybridized carbons (Fsp3) is 0.316. The number of carbonyl (C=O) groups excluding carboxylic acids is 1. The zero-order valence-corrected chi connectivity index (χ0v) is 13.5. The highest BCUT2D eigenvalue weighted by Gasteiger charge is 2.15. The van der Waals surface area contributed by atoms with E-state index in [4.69, 9.17) is 9.47 Å². The first kappa shape index (κ1) is 17.0. The van der Waals surface area contributed by atoms with E-state index in [0.29, 0.717) is 18.8 Å². The third-order valence-electron chi connectivity index (χ3n) is 3.55. The van der Waals surface area contributed by atoms with Crippen LogP contribution in [0.2, 0.25) is 0 Å². The topological polar surface area (TPSA) is 55.8 Å². The maximum atomic E-state index is 11.5. The van der Waals surface area contributed by atoms with Gasteiger partial charge in [0, 0.05) is 6.42 Å². The molecular formula is C19H22O4. The Hall–Kier alpha value is -2.33. The SMILES string of the molecule is CCOC(=O)C[C@H](O)Cc1cc(-c2ccccc2)ccc1OC. The Morgan fingerprint density at radius 1 is 1.13 bits per heavy atom. The molecule has 0 aliphatic heterocycles. The Morgan fingerprint density at radius 3 is 2.52 bits per heavy atom. The second kappa shape index (κ2) is 8.34. The van der Waals surface area contributed by atoms with E-state index in [9.17, 15) is 9.90 Å². The van der Waals surface area contributed by atoms with Crippen molar-refractivity contribution in [3.8, 4) is 16.9 Å². The van der Waals surface area contributed by atoms with Gasteiger partial charge in [-0.2, -0.15) is 0 Å². The summed E-state index contributed by atoms with van der Waals surface area (Å²) in [6.07, 6.45) is -0.483. The molecule has 0 aliphatic rings. The van der Waals surface area contributed by atoms with E-state index in [1.165, 1.54) is 0 Å². The molecule has 0 spiro atoms. The van der Waals surface area contributed by atoms with Gasteiger partial charge in [0.1, 0.15) is 5.75 Å². The van der Waals surface area contributed by atoms with Gasteiger partial charge in [-0.1, -0.05) is 36.4 Å². The molecule has 0 saturated carbocycles. The van der Waals surface area contributed by atoms with E-state index in [2.05, 4.69) is 0 Å². The molecule has 2 aromatic carbocycles. The number of ether oxygens (including phenoxy) is 2. The lowest BCUT2D eigenvalue weighted by Crippen LogP contribution is -2.18. The Kier molecular flexibility index (Phi) is 6.18.